The van der Waals surface area contributed by atoms with Gasteiger partial charge in [-0.3, -0.25) is 14.3 Å². The summed E-state index contributed by atoms with van der Waals surface area (Å²) in [7, 11) is 0. The van der Waals surface area contributed by atoms with Gasteiger partial charge >= 0.3 is 5.97 Å². The molecule has 2 atom stereocenters. The van der Waals surface area contributed by atoms with Crippen LogP contribution in [0.15, 0.2) is 79.3 Å². The summed E-state index contributed by atoms with van der Waals surface area (Å²) < 4.78 is 2.84. The third-order valence-electron chi connectivity index (χ3n) is 5.72. The molecule has 1 amide bonds. The Hall–Kier alpha value is -4.27. The van der Waals surface area contributed by atoms with E-state index in [4.69, 9.17) is 5.11 Å². The molecule has 174 valence electrons. The van der Waals surface area contributed by atoms with Crippen LogP contribution >= 0.6 is 0 Å². The Morgan fingerprint density at radius 3 is 2.35 bits per heavy atom. The van der Waals surface area contributed by atoms with Crippen LogP contribution in [0, 0.1) is 0 Å². The Labute approximate surface area is 197 Å². The molecule has 34 heavy (non-hydrogen) atoms. The molecule has 2 aromatic carbocycles. The fourth-order valence-electron chi connectivity index (χ4n) is 3.77. The second kappa shape index (κ2) is 10.1. The van der Waals surface area contributed by atoms with Crippen LogP contribution in [0.2, 0.25) is 0 Å². The van der Waals surface area contributed by atoms with Crippen molar-refractivity contribution in [3.8, 4) is 11.3 Å². The minimum Gasteiger partial charge on any atom is -0.480 e. The molecule has 0 aliphatic rings. The number of aliphatic carboxylic acids is 1. The van der Waals surface area contributed by atoms with Crippen molar-refractivity contribution in [3.05, 3.63) is 90.4 Å². The van der Waals surface area contributed by atoms with Gasteiger partial charge in [0.15, 0.2) is 0 Å². The van der Waals surface area contributed by atoms with Gasteiger partial charge in [0.05, 0.1) is 18.4 Å². The number of carboxylic acid groups (broad SMARTS) is 1. The lowest BCUT2D eigenvalue weighted by Crippen LogP contribution is -2.38. The number of aromatic nitrogens is 5. The molecule has 0 spiro atoms. The number of carboxylic acids is 1. The molecule has 0 saturated carbocycles. The van der Waals surface area contributed by atoms with Gasteiger partial charge in [-0.25, -0.2) is 4.68 Å². The summed E-state index contributed by atoms with van der Waals surface area (Å²) >= 11 is 0. The number of rotatable bonds is 9. The first kappa shape index (κ1) is 22.9. The Balaban J connectivity index is 1.57. The topological polar surface area (TPSA) is 106 Å². The molecule has 0 bridgehead atoms. The SMILES string of the molecule is CC(C(=O)N(Cc1ccccc1)[C@@H](C)c1ccccc1)n1cc(-c2cnn(CC(=O)O)c2)nn1. The van der Waals surface area contributed by atoms with E-state index < -0.39 is 12.0 Å². The van der Waals surface area contributed by atoms with Crippen LogP contribution < -0.4 is 0 Å². The lowest BCUT2D eigenvalue weighted by Gasteiger charge is -2.32. The monoisotopic (exact) mass is 458 g/mol. The second-order valence-electron chi connectivity index (χ2n) is 8.12. The number of hydrogen-bond donors (Lipinski definition) is 1. The summed E-state index contributed by atoms with van der Waals surface area (Å²) in [5, 5.41) is 21.3. The molecule has 4 rings (SSSR count). The highest BCUT2D eigenvalue weighted by atomic mass is 16.4. The largest absolute Gasteiger partial charge is 0.480 e. The van der Waals surface area contributed by atoms with Gasteiger partial charge in [-0.15, -0.1) is 5.10 Å². The van der Waals surface area contributed by atoms with E-state index in [0.717, 1.165) is 11.1 Å². The Kier molecular flexibility index (Phi) is 6.82. The van der Waals surface area contributed by atoms with Crippen molar-refractivity contribution in [2.75, 3.05) is 0 Å². The maximum atomic E-state index is 13.7. The Bertz CT molecular complexity index is 1250. The predicted octanol–water partition coefficient (Wildman–Crippen LogP) is 3.58. The summed E-state index contributed by atoms with van der Waals surface area (Å²) in [6.07, 6.45) is 4.80. The van der Waals surface area contributed by atoms with Gasteiger partial charge in [0.1, 0.15) is 18.3 Å². The molecular formula is C25H26N6O3. The zero-order valence-electron chi connectivity index (χ0n) is 19.0. The molecule has 4 aromatic rings. The van der Waals surface area contributed by atoms with Crippen molar-refractivity contribution < 1.29 is 14.7 Å². The number of amides is 1. The third kappa shape index (κ3) is 5.20. The molecular weight excluding hydrogens is 432 g/mol. The van der Waals surface area contributed by atoms with E-state index in [-0.39, 0.29) is 18.5 Å². The minimum atomic E-state index is -0.983. The smallest absolute Gasteiger partial charge is 0.325 e. The first-order valence-electron chi connectivity index (χ1n) is 11.0. The summed E-state index contributed by atoms with van der Waals surface area (Å²) in [5.41, 5.74) is 3.23. The molecule has 1 unspecified atom stereocenters. The first-order valence-corrected chi connectivity index (χ1v) is 11.0. The van der Waals surface area contributed by atoms with Crippen LogP contribution in [0.25, 0.3) is 11.3 Å². The van der Waals surface area contributed by atoms with Gasteiger partial charge in [0.25, 0.3) is 0 Å². The molecule has 0 aliphatic heterocycles. The number of benzene rings is 2. The Morgan fingerprint density at radius 1 is 1.00 bits per heavy atom. The lowest BCUT2D eigenvalue weighted by atomic mass is 10.0. The van der Waals surface area contributed by atoms with Crippen LogP contribution in [0.1, 0.15) is 37.1 Å². The first-order chi connectivity index (χ1) is 16.4. The van der Waals surface area contributed by atoms with Crippen LogP contribution in [0.5, 0.6) is 0 Å². The van der Waals surface area contributed by atoms with Gasteiger partial charge in [-0.05, 0) is 25.0 Å². The van der Waals surface area contributed by atoms with Crippen LogP contribution in [-0.2, 0) is 22.7 Å². The van der Waals surface area contributed by atoms with Crippen molar-refractivity contribution in [1.29, 1.82) is 0 Å². The van der Waals surface area contributed by atoms with Gasteiger partial charge in [0, 0.05) is 18.3 Å². The fraction of sp³-hybridized carbons (Fsp3) is 0.240. The van der Waals surface area contributed by atoms with Gasteiger partial charge in [-0.2, -0.15) is 5.10 Å². The maximum absolute atomic E-state index is 13.7. The van der Waals surface area contributed by atoms with Crippen molar-refractivity contribution >= 4 is 11.9 Å². The van der Waals surface area contributed by atoms with Crippen molar-refractivity contribution in [2.45, 2.75) is 39.0 Å². The summed E-state index contributed by atoms with van der Waals surface area (Å²) in [6.45, 7) is 4.04. The number of hydrogen-bond acceptors (Lipinski definition) is 5. The van der Waals surface area contributed by atoms with Crippen LogP contribution in [-0.4, -0.2) is 46.7 Å². The van der Waals surface area contributed by atoms with Crippen molar-refractivity contribution in [2.24, 2.45) is 0 Å². The highest BCUT2D eigenvalue weighted by molar-refractivity contribution is 5.80. The fourth-order valence-corrected chi connectivity index (χ4v) is 3.77. The average Bonchev–Trinajstić information content (AvgIpc) is 3.52. The third-order valence-corrected chi connectivity index (χ3v) is 5.72. The van der Waals surface area contributed by atoms with E-state index in [0.29, 0.717) is 17.8 Å². The van der Waals surface area contributed by atoms with Crippen LogP contribution in [0.3, 0.4) is 0 Å². The molecule has 2 heterocycles. The van der Waals surface area contributed by atoms with E-state index in [9.17, 15) is 9.59 Å². The van der Waals surface area contributed by atoms with Crippen molar-refractivity contribution in [1.82, 2.24) is 29.7 Å². The molecule has 0 aliphatic carbocycles. The minimum absolute atomic E-state index is 0.0850. The molecule has 0 fully saturated rings. The zero-order chi connectivity index (χ0) is 24.1. The predicted molar refractivity (Wildman–Crippen MR) is 125 cm³/mol. The number of carbonyl (C=O) groups excluding carboxylic acids is 1. The molecule has 0 radical (unpaired) electrons. The highest BCUT2D eigenvalue weighted by Crippen LogP contribution is 2.26. The molecule has 9 heteroatoms. The number of carbonyl (C=O) groups is 2. The summed E-state index contributed by atoms with van der Waals surface area (Å²) in [5.74, 6) is -1.07. The van der Waals surface area contributed by atoms with Gasteiger partial charge < -0.3 is 10.0 Å². The lowest BCUT2D eigenvalue weighted by molar-refractivity contribution is -0.138. The van der Waals surface area contributed by atoms with E-state index >= 15 is 0 Å². The van der Waals surface area contributed by atoms with Crippen molar-refractivity contribution in [3.63, 3.8) is 0 Å². The van der Waals surface area contributed by atoms with Gasteiger partial charge in [0.2, 0.25) is 5.91 Å². The molecule has 2 aromatic heterocycles. The van der Waals surface area contributed by atoms with Crippen LogP contribution in [0.4, 0.5) is 0 Å². The van der Waals surface area contributed by atoms with E-state index in [1.54, 1.807) is 19.3 Å². The molecule has 9 nitrogen and oxygen atoms in total. The van der Waals surface area contributed by atoms with E-state index in [2.05, 4.69) is 15.4 Å². The standard InChI is InChI=1S/C25H26N6O3/c1-18(21-11-7-4-8-12-21)30(14-20-9-5-3-6-10-20)25(34)19(2)31-16-23(27-28-31)22-13-26-29(15-22)17-24(32)33/h3-13,15-16,18-19H,14,17H2,1-2H3,(H,32,33)/t18-,19?/m0/s1. The summed E-state index contributed by atoms with van der Waals surface area (Å²) in [6, 6.07) is 19.1. The second-order valence-corrected chi connectivity index (χ2v) is 8.12. The summed E-state index contributed by atoms with van der Waals surface area (Å²) in [4.78, 5) is 26.4. The highest BCUT2D eigenvalue weighted by Gasteiger charge is 2.28. The molecule has 1 N–H and O–H groups in total. The maximum Gasteiger partial charge on any atom is 0.325 e. The number of nitrogens with zero attached hydrogens (tertiary/aromatic N) is 6. The zero-order valence-corrected chi connectivity index (χ0v) is 19.0. The molecule has 0 saturated heterocycles. The average molecular weight is 459 g/mol. The normalized spacial score (nSPS) is 12.8. The van der Waals surface area contributed by atoms with E-state index in [1.807, 2.05) is 72.5 Å². The quantitative estimate of drug-likeness (QED) is 0.411. The van der Waals surface area contributed by atoms with E-state index in [1.165, 1.54) is 15.6 Å². The van der Waals surface area contributed by atoms with Gasteiger partial charge in [-0.1, -0.05) is 65.9 Å². The Morgan fingerprint density at radius 2 is 1.68 bits per heavy atom.